The first-order valence-corrected chi connectivity index (χ1v) is 23.0. The summed E-state index contributed by atoms with van der Waals surface area (Å²) in [4.78, 5) is 73.0. The Hall–Kier alpha value is -6.32. The van der Waals surface area contributed by atoms with E-state index < -0.39 is 35.7 Å². The highest BCUT2D eigenvalue weighted by Crippen LogP contribution is 2.61. The quantitative estimate of drug-likeness (QED) is 0.108. The van der Waals surface area contributed by atoms with Gasteiger partial charge in [0.05, 0.1) is 48.7 Å². The number of benzene rings is 3. The molecule has 2 saturated heterocycles. The van der Waals surface area contributed by atoms with E-state index in [1.807, 2.05) is 74.8 Å². The first-order chi connectivity index (χ1) is 31.4. The number of hydrogen-bond donors (Lipinski definition) is 4. The monoisotopic (exact) mass is 902 g/mol. The van der Waals surface area contributed by atoms with E-state index in [9.17, 15) is 19.2 Å². The number of aromatic amines is 2. The molecule has 2 bridgehead atoms. The summed E-state index contributed by atoms with van der Waals surface area (Å²) < 4.78 is 43.1. The van der Waals surface area contributed by atoms with E-state index >= 15 is 8.78 Å². The van der Waals surface area contributed by atoms with Crippen LogP contribution in [0, 0.1) is 23.2 Å². The first kappa shape index (κ1) is 43.6. The second-order valence-corrected chi connectivity index (χ2v) is 20.1. The van der Waals surface area contributed by atoms with Crippen LogP contribution in [-0.4, -0.2) is 92.6 Å². The fourth-order valence-electron chi connectivity index (χ4n) is 11.5. The van der Waals surface area contributed by atoms with Crippen LogP contribution in [0.2, 0.25) is 0 Å². The number of hydrogen-bond acceptors (Lipinski definition) is 8. The molecule has 3 aromatic carbocycles. The number of carbonyl (C=O) groups is 4. The topological polar surface area (TPSA) is 175 Å². The van der Waals surface area contributed by atoms with Gasteiger partial charge in [-0.05, 0) is 115 Å². The fraction of sp³-hybridized carbons (Fsp3) is 0.480. The molecule has 6 atom stereocenters. The van der Waals surface area contributed by atoms with Gasteiger partial charge < -0.3 is 39.9 Å². The minimum atomic E-state index is -3.29. The molecule has 14 nitrogen and oxygen atoms in total. The fourth-order valence-corrected chi connectivity index (χ4v) is 11.5. The number of imidazole rings is 2. The number of carbonyl (C=O) groups excluding carboxylic acids is 4. The molecule has 5 aliphatic rings. The zero-order valence-corrected chi connectivity index (χ0v) is 38.3. The average Bonchev–Trinajstić information content (AvgIpc) is 3.95. The summed E-state index contributed by atoms with van der Waals surface area (Å²) in [6, 6.07) is 14.1. The molecule has 6 unspecified atom stereocenters. The summed E-state index contributed by atoms with van der Waals surface area (Å²) in [6.45, 7) is 10.1. The molecule has 4 amide bonds. The molecule has 2 saturated carbocycles. The van der Waals surface area contributed by atoms with Gasteiger partial charge in [0.15, 0.2) is 0 Å². The SMILES string of the molecule is COC(=O)NC(C(=O)N1C2CCC(C2)C1c1nc2ccc(-c3ccc4c(c3)C(F)(F)c3cc(-c5cnc(C6(C)CC7(CC7)CN6C(=O)C(NC(=O)OC)C(C)C)[nH]5)ccc3-4)cc2[nH]1)C(C)C. The van der Waals surface area contributed by atoms with Crippen molar-refractivity contribution in [1.82, 2.24) is 40.4 Å². The first-order valence-electron chi connectivity index (χ1n) is 23.0. The number of alkyl carbamates (subject to hydrolysis) is 2. The van der Waals surface area contributed by atoms with E-state index in [0.717, 1.165) is 43.2 Å². The van der Waals surface area contributed by atoms with Crippen LogP contribution in [0.25, 0.3) is 44.5 Å². The van der Waals surface area contributed by atoms with Crippen molar-refractivity contribution in [1.29, 1.82) is 0 Å². The van der Waals surface area contributed by atoms with Gasteiger partial charge in [0.25, 0.3) is 5.92 Å². The Bertz CT molecular complexity index is 2800. The molecule has 3 aliphatic carbocycles. The Kier molecular flexibility index (Phi) is 10.3. The van der Waals surface area contributed by atoms with Gasteiger partial charge in [-0.25, -0.2) is 19.6 Å². The highest BCUT2D eigenvalue weighted by atomic mass is 19.3. The van der Waals surface area contributed by atoms with Crippen LogP contribution in [0.4, 0.5) is 18.4 Å². The second-order valence-electron chi connectivity index (χ2n) is 20.1. The van der Waals surface area contributed by atoms with Gasteiger partial charge in [-0.1, -0.05) is 58.0 Å². The van der Waals surface area contributed by atoms with Gasteiger partial charge in [0.1, 0.15) is 23.7 Å². The van der Waals surface area contributed by atoms with E-state index in [4.69, 9.17) is 19.4 Å². The molecule has 2 aromatic heterocycles. The summed E-state index contributed by atoms with van der Waals surface area (Å²) in [7, 11) is 2.54. The average molecular weight is 903 g/mol. The summed E-state index contributed by atoms with van der Waals surface area (Å²) >= 11 is 0. The minimum Gasteiger partial charge on any atom is -0.453 e. The maximum Gasteiger partial charge on any atom is 0.407 e. The third-order valence-electron chi connectivity index (χ3n) is 15.2. The number of H-pyrrole nitrogens is 2. The molecule has 4 fully saturated rings. The number of fused-ring (bicyclic) bond motifs is 6. The number of amides is 4. The summed E-state index contributed by atoms with van der Waals surface area (Å²) in [5.74, 6) is -2.59. The largest absolute Gasteiger partial charge is 0.453 e. The molecule has 4 heterocycles. The van der Waals surface area contributed by atoms with Crippen molar-refractivity contribution in [3.8, 4) is 33.5 Å². The third kappa shape index (κ3) is 7.00. The maximum atomic E-state index is 16.7. The number of alkyl halides is 2. The van der Waals surface area contributed by atoms with E-state index in [-0.39, 0.29) is 58.2 Å². The number of nitrogens with one attached hydrogen (secondary N) is 4. The van der Waals surface area contributed by atoms with Crippen LogP contribution in [0.5, 0.6) is 0 Å². The maximum absolute atomic E-state index is 16.7. The molecule has 5 aromatic rings. The lowest BCUT2D eigenvalue weighted by Crippen LogP contribution is -2.55. The van der Waals surface area contributed by atoms with Crippen molar-refractivity contribution < 1.29 is 37.4 Å². The van der Waals surface area contributed by atoms with Crippen molar-refractivity contribution in [2.24, 2.45) is 23.2 Å². The predicted octanol–water partition coefficient (Wildman–Crippen LogP) is 8.78. The standard InChI is InChI=1S/C50H56F2N8O6/c1-25(2)39(57-46(63)65-6)43(61)59-24-49(16-17-49)23-48(59,5)45-53-22-38(56-45)29-10-14-33-32-13-9-27(19-34(32)50(51,52)35(33)20-29)28-11-15-36-37(21-28)55-42(54-36)41-30-8-12-31(18-30)60(41)44(62)40(26(3)4)58-47(64)66-7/h9-11,13-15,19-22,25-26,30-31,39-41H,8,12,16-18,23-24H2,1-7H3,(H,53,56)(H,54,55)(H,57,63)(H,58,64). The molecule has 2 aliphatic heterocycles. The number of ether oxygens (including phenoxy) is 2. The molecule has 1 spiro atoms. The number of likely N-dealkylation sites (tertiary alicyclic amines) is 2. The van der Waals surface area contributed by atoms with Crippen LogP contribution >= 0.6 is 0 Å². The van der Waals surface area contributed by atoms with E-state index in [1.54, 1.807) is 24.4 Å². The van der Waals surface area contributed by atoms with Gasteiger partial charge >= 0.3 is 12.2 Å². The van der Waals surface area contributed by atoms with Crippen LogP contribution in [-0.2, 0) is 30.5 Å². The lowest BCUT2D eigenvalue weighted by molar-refractivity contribution is -0.139. The van der Waals surface area contributed by atoms with Crippen LogP contribution in [0.3, 0.4) is 0 Å². The van der Waals surface area contributed by atoms with Crippen molar-refractivity contribution in [3.63, 3.8) is 0 Å². The molecule has 16 heteroatoms. The summed E-state index contributed by atoms with van der Waals surface area (Å²) in [6.07, 6.45) is 5.68. The predicted molar refractivity (Wildman–Crippen MR) is 242 cm³/mol. The lowest BCUT2D eigenvalue weighted by atomic mass is 9.91. The Morgan fingerprint density at radius 3 is 2.05 bits per heavy atom. The second kappa shape index (κ2) is 15.7. The molecular weight excluding hydrogens is 847 g/mol. The smallest absolute Gasteiger partial charge is 0.407 e. The van der Waals surface area contributed by atoms with Gasteiger partial charge in [-0.2, -0.15) is 8.78 Å². The molecule has 346 valence electrons. The minimum absolute atomic E-state index is 0.0274. The van der Waals surface area contributed by atoms with Crippen molar-refractivity contribution in [2.75, 3.05) is 20.8 Å². The van der Waals surface area contributed by atoms with E-state index in [2.05, 4.69) is 20.6 Å². The van der Waals surface area contributed by atoms with Gasteiger partial charge in [-0.3, -0.25) is 9.59 Å². The summed E-state index contributed by atoms with van der Waals surface area (Å²) in [5, 5.41) is 5.45. The Labute approximate surface area is 381 Å². The van der Waals surface area contributed by atoms with Crippen molar-refractivity contribution in [2.45, 2.75) is 109 Å². The molecule has 4 N–H and O–H groups in total. The number of methoxy groups -OCH3 is 2. The number of aromatic nitrogens is 4. The zero-order valence-electron chi connectivity index (χ0n) is 38.3. The third-order valence-corrected chi connectivity index (χ3v) is 15.2. The van der Waals surface area contributed by atoms with Gasteiger partial charge in [0.2, 0.25) is 11.8 Å². The Morgan fingerprint density at radius 1 is 0.803 bits per heavy atom. The van der Waals surface area contributed by atoms with Gasteiger partial charge in [-0.15, -0.1) is 0 Å². The number of piperidine rings is 1. The molecule has 10 rings (SSSR count). The van der Waals surface area contributed by atoms with Crippen molar-refractivity contribution >= 4 is 35.0 Å². The number of nitrogens with zero attached hydrogens (tertiary/aromatic N) is 4. The lowest BCUT2D eigenvalue weighted by Gasteiger charge is -2.37. The Balaban J connectivity index is 0.906. The van der Waals surface area contributed by atoms with Crippen molar-refractivity contribution in [3.05, 3.63) is 83.6 Å². The van der Waals surface area contributed by atoms with E-state index in [1.165, 1.54) is 20.3 Å². The summed E-state index contributed by atoms with van der Waals surface area (Å²) in [5.41, 5.74) is 3.80. The normalized spacial score (nSPS) is 23.9. The van der Waals surface area contributed by atoms with E-state index in [0.29, 0.717) is 58.1 Å². The highest BCUT2D eigenvalue weighted by Gasteiger charge is 2.61. The van der Waals surface area contributed by atoms with Gasteiger partial charge in [0, 0.05) is 29.3 Å². The number of rotatable bonds is 10. The van der Waals surface area contributed by atoms with Crippen LogP contribution < -0.4 is 10.6 Å². The molecule has 0 radical (unpaired) electrons. The molecule has 66 heavy (non-hydrogen) atoms. The van der Waals surface area contributed by atoms with Crippen LogP contribution in [0.15, 0.2) is 60.8 Å². The zero-order chi connectivity index (χ0) is 46.6. The number of halogens is 2. The van der Waals surface area contributed by atoms with Crippen LogP contribution in [0.1, 0.15) is 102 Å². The highest BCUT2D eigenvalue weighted by molar-refractivity contribution is 5.89. The Morgan fingerprint density at radius 2 is 1.41 bits per heavy atom. The molecular formula is C50H56F2N8O6.